The molecule has 0 saturated carbocycles. The summed E-state index contributed by atoms with van der Waals surface area (Å²) in [4.78, 5) is 24.9. The molecule has 0 fully saturated rings. The zero-order valence-corrected chi connectivity index (χ0v) is 24.2. The Kier molecular flexibility index (Phi) is 9.83. The maximum Gasteiger partial charge on any atom is 0.421 e. The van der Waals surface area contributed by atoms with Gasteiger partial charge in [-0.1, -0.05) is 15.8 Å². The van der Waals surface area contributed by atoms with Crippen LogP contribution in [0.25, 0.3) is 11.4 Å². The van der Waals surface area contributed by atoms with Crippen molar-refractivity contribution in [2.75, 3.05) is 38.1 Å². The number of benzene rings is 1. The first kappa shape index (κ1) is 31.3. The number of anilines is 4. The quantitative estimate of drug-likeness (QED) is 0.167. The van der Waals surface area contributed by atoms with Crippen molar-refractivity contribution in [1.82, 2.24) is 35.3 Å². The van der Waals surface area contributed by atoms with E-state index in [2.05, 4.69) is 41.2 Å². The average molecular weight is 619 g/mol. The topological polar surface area (TPSA) is 169 Å². The minimum absolute atomic E-state index is 0.0306. The number of halogens is 3. The van der Waals surface area contributed by atoms with Crippen LogP contribution in [0.5, 0.6) is 5.75 Å². The van der Waals surface area contributed by atoms with Gasteiger partial charge < -0.3 is 25.8 Å². The van der Waals surface area contributed by atoms with Crippen LogP contribution in [-0.4, -0.2) is 68.4 Å². The Labute approximate surface area is 244 Å². The average Bonchev–Trinajstić information content (AvgIpc) is 3.45. The number of ether oxygens (including phenoxy) is 1. The van der Waals surface area contributed by atoms with Gasteiger partial charge in [-0.15, -0.1) is 5.10 Å². The number of alkyl halides is 3. The summed E-state index contributed by atoms with van der Waals surface area (Å²) in [5.74, 6) is -1.13. The Hall–Kier alpha value is -4.69. The number of pyridine rings is 1. The van der Waals surface area contributed by atoms with Crippen molar-refractivity contribution in [2.24, 2.45) is 0 Å². The molecule has 0 radical (unpaired) electrons. The predicted molar refractivity (Wildman–Crippen MR) is 152 cm³/mol. The highest BCUT2D eigenvalue weighted by Crippen LogP contribution is 2.37. The van der Waals surface area contributed by atoms with Gasteiger partial charge >= 0.3 is 14.0 Å². The molecule has 0 aliphatic heterocycles. The Morgan fingerprint density at radius 1 is 1.12 bits per heavy atom. The first-order valence-corrected chi connectivity index (χ1v) is 14.7. The molecule has 1 atom stereocenters. The van der Waals surface area contributed by atoms with Crippen LogP contribution in [0.4, 0.5) is 36.3 Å². The molecule has 3 heterocycles. The maximum atomic E-state index is 14.0. The third kappa shape index (κ3) is 7.78. The van der Waals surface area contributed by atoms with Gasteiger partial charge in [0, 0.05) is 32.0 Å². The Morgan fingerprint density at radius 2 is 1.88 bits per heavy atom. The zero-order chi connectivity index (χ0) is 31.1. The SMILES string of the molecule is CNC(=O)c1nc(-c2cn(CCCO)nn2)ccc1Nc1nc(Nc2ccc(C[P+](C)=O)cc2OC)ncc1C(F)(F)F. The number of hydrogen-bond acceptors (Lipinski definition) is 11. The summed E-state index contributed by atoms with van der Waals surface area (Å²) in [5, 5.41) is 24.9. The third-order valence-corrected chi connectivity index (χ3v) is 6.76. The number of methoxy groups -OCH3 is 1. The number of amides is 1. The van der Waals surface area contributed by atoms with Gasteiger partial charge in [0.2, 0.25) is 5.95 Å². The summed E-state index contributed by atoms with van der Waals surface area (Å²) in [6, 6.07) is 7.84. The van der Waals surface area contributed by atoms with Crippen molar-refractivity contribution in [2.45, 2.75) is 25.3 Å². The largest absolute Gasteiger partial charge is 0.495 e. The number of aromatic nitrogens is 6. The molecule has 226 valence electrons. The molecular weight excluding hydrogens is 590 g/mol. The number of carbonyl (C=O) groups is 1. The van der Waals surface area contributed by atoms with Crippen molar-refractivity contribution < 1.29 is 32.4 Å². The number of aryl methyl sites for hydroxylation is 1. The number of rotatable bonds is 12. The Balaban J connectivity index is 1.69. The van der Waals surface area contributed by atoms with E-state index in [-0.39, 0.29) is 29.6 Å². The summed E-state index contributed by atoms with van der Waals surface area (Å²) >= 11 is 0. The minimum atomic E-state index is -4.83. The van der Waals surface area contributed by atoms with E-state index in [4.69, 9.17) is 9.84 Å². The summed E-state index contributed by atoms with van der Waals surface area (Å²) in [7, 11) is 1.34. The van der Waals surface area contributed by atoms with E-state index < -0.39 is 31.3 Å². The summed E-state index contributed by atoms with van der Waals surface area (Å²) in [6.45, 7) is 1.98. The van der Waals surface area contributed by atoms with Crippen molar-refractivity contribution in [1.29, 1.82) is 0 Å². The van der Waals surface area contributed by atoms with E-state index in [0.717, 1.165) is 5.56 Å². The number of aliphatic hydroxyl groups excluding tert-OH is 1. The predicted octanol–water partition coefficient (Wildman–Crippen LogP) is 4.34. The first-order chi connectivity index (χ1) is 20.5. The van der Waals surface area contributed by atoms with E-state index >= 15 is 0 Å². The molecule has 4 N–H and O–H groups in total. The second kappa shape index (κ2) is 13.5. The van der Waals surface area contributed by atoms with Crippen LogP contribution in [0.1, 0.15) is 28.0 Å². The number of hydrogen-bond donors (Lipinski definition) is 4. The van der Waals surface area contributed by atoms with Gasteiger partial charge in [0.05, 0.1) is 30.4 Å². The molecule has 13 nitrogen and oxygen atoms in total. The lowest BCUT2D eigenvalue weighted by molar-refractivity contribution is -0.137. The molecule has 4 aromatic rings. The van der Waals surface area contributed by atoms with E-state index in [1.165, 1.54) is 31.0 Å². The molecule has 17 heteroatoms. The highest BCUT2D eigenvalue weighted by Gasteiger charge is 2.36. The lowest BCUT2D eigenvalue weighted by Gasteiger charge is -2.17. The van der Waals surface area contributed by atoms with Crippen LogP contribution in [0.2, 0.25) is 0 Å². The van der Waals surface area contributed by atoms with Gasteiger partial charge in [-0.2, -0.15) is 18.2 Å². The first-order valence-electron chi connectivity index (χ1n) is 12.8. The molecule has 1 aromatic carbocycles. The lowest BCUT2D eigenvalue weighted by atomic mass is 10.2. The monoisotopic (exact) mass is 618 g/mol. The van der Waals surface area contributed by atoms with E-state index in [9.17, 15) is 22.5 Å². The van der Waals surface area contributed by atoms with Crippen LogP contribution >= 0.6 is 7.80 Å². The van der Waals surface area contributed by atoms with E-state index in [1.54, 1.807) is 31.1 Å². The molecule has 0 spiro atoms. The van der Waals surface area contributed by atoms with Crippen LogP contribution < -0.4 is 20.7 Å². The molecule has 3 aromatic heterocycles. The minimum Gasteiger partial charge on any atom is -0.495 e. The molecule has 0 aliphatic carbocycles. The zero-order valence-electron chi connectivity index (χ0n) is 23.3. The molecular formula is C26H28F3N9O4P+. The van der Waals surface area contributed by atoms with E-state index in [1.807, 2.05) is 0 Å². The normalized spacial score (nSPS) is 11.7. The number of carbonyl (C=O) groups excluding carboxylic acids is 1. The van der Waals surface area contributed by atoms with Crippen molar-refractivity contribution in [3.63, 3.8) is 0 Å². The van der Waals surface area contributed by atoms with Crippen LogP contribution in [-0.2, 0) is 23.4 Å². The highest BCUT2D eigenvalue weighted by atomic mass is 31.1. The molecule has 43 heavy (non-hydrogen) atoms. The molecule has 1 amide bonds. The van der Waals surface area contributed by atoms with Gasteiger partial charge in [0.15, 0.2) is 11.9 Å². The number of nitrogens with zero attached hydrogens (tertiary/aromatic N) is 6. The van der Waals surface area contributed by atoms with Crippen LogP contribution in [0, 0.1) is 0 Å². The fraction of sp³-hybridized carbons (Fsp3) is 0.308. The molecule has 1 unspecified atom stereocenters. The highest BCUT2D eigenvalue weighted by molar-refractivity contribution is 7.42. The molecule has 0 bridgehead atoms. The molecule has 4 rings (SSSR count). The van der Waals surface area contributed by atoms with Crippen LogP contribution in [0.3, 0.4) is 0 Å². The van der Waals surface area contributed by atoms with E-state index in [0.29, 0.717) is 42.5 Å². The molecule has 0 aliphatic rings. The summed E-state index contributed by atoms with van der Waals surface area (Å²) in [5.41, 5.74) is 0.262. The summed E-state index contributed by atoms with van der Waals surface area (Å²) in [6.07, 6.45) is -1.85. The van der Waals surface area contributed by atoms with Gasteiger partial charge in [-0.05, 0) is 30.7 Å². The smallest absolute Gasteiger partial charge is 0.421 e. The van der Waals surface area contributed by atoms with Gasteiger partial charge in [0.25, 0.3) is 5.91 Å². The van der Waals surface area contributed by atoms with Gasteiger partial charge in [-0.3, -0.25) is 9.48 Å². The standard InChI is InChI=1S/C26H27F3N9O4P/c1-30-24(40)22-19(8-7-17(32-22)20-13-38(37-36-20)9-4-10-39)33-23-16(26(27,28)29)12-31-25(35-23)34-18-6-5-15(14-43(3)41)11-21(18)42-2/h5-8,11-13,39H,4,9-10,14H2,1-3H3,(H2-,30,31,33,34,35,40)/p+1. The third-order valence-electron chi connectivity index (χ3n) is 5.95. The van der Waals surface area contributed by atoms with Crippen molar-refractivity contribution in [3.8, 4) is 17.1 Å². The van der Waals surface area contributed by atoms with Crippen molar-refractivity contribution in [3.05, 3.63) is 59.5 Å². The Morgan fingerprint density at radius 3 is 2.56 bits per heavy atom. The number of nitrogens with one attached hydrogen (secondary N) is 3. The number of aliphatic hydroxyl groups is 1. The van der Waals surface area contributed by atoms with Crippen LogP contribution in [0.15, 0.2) is 42.7 Å². The second-order valence-electron chi connectivity index (χ2n) is 9.14. The lowest BCUT2D eigenvalue weighted by Crippen LogP contribution is -2.21. The second-order valence-corrected chi connectivity index (χ2v) is 10.7. The van der Waals surface area contributed by atoms with Gasteiger partial charge in [0.1, 0.15) is 29.5 Å². The molecule has 0 saturated heterocycles. The Bertz CT molecular complexity index is 1630. The van der Waals surface area contributed by atoms with Crippen molar-refractivity contribution >= 4 is 36.8 Å². The maximum absolute atomic E-state index is 14.0. The van der Waals surface area contributed by atoms with Gasteiger partial charge in [-0.25, -0.2) is 9.97 Å². The fourth-order valence-corrected chi connectivity index (χ4v) is 4.65. The fourth-order valence-electron chi connectivity index (χ4n) is 3.94. The summed E-state index contributed by atoms with van der Waals surface area (Å²) < 4.78 is 60.4.